The molecule has 0 amide bonds. The van der Waals surface area contributed by atoms with Crippen LogP contribution in [-0.2, 0) is 0 Å². The van der Waals surface area contributed by atoms with Gasteiger partial charge in [-0.2, -0.15) is 12.6 Å². The van der Waals surface area contributed by atoms with Gasteiger partial charge in [-0.25, -0.2) is 9.97 Å². The Kier molecular flexibility index (Phi) is 3.40. The molecule has 1 heterocycles. The van der Waals surface area contributed by atoms with Gasteiger partial charge >= 0.3 is 0 Å². The minimum atomic E-state index is 0.539. The SMILES string of the molecule is SCC#Cc1cnc(Br)cn1. The lowest BCUT2D eigenvalue weighted by Crippen LogP contribution is -1.84. The van der Waals surface area contributed by atoms with Crippen molar-refractivity contribution in [2.24, 2.45) is 0 Å². The van der Waals surface area contributed by atoms with Gasteiger partial charge in [0.05, 0.1) is 18.1 Å². The van der Waals surface area contributed by atoms with Crippen molar-refractivity contribution in [1.82, 2.24) is 9.97 Å². The molecule has 0 unspecified atom stereocenters. The van der Waals surface area contributed by atoms with Gasteiger partial charge in [0.2, 0.25) is 0 Å². The highest BCUT2D eigenvalue weighted by Crippen LogP contribution is 2.01. The zero-order chi connectivity index (χ0) is 8.10. The quantitative estimate of drug-likeness (QED) is 0.539. The maximum Gasteiger partial charge on any atom is 0.131 e. The molecule has 1 rings (SSSR count). The monoisotopic (exact) mass is 228 g/mol. The molecule has 0 aliphatic heterocycles. The summed E-state index contributed by atoms with van der Waals surface area (Å²) in [6.45, 7) is 0. The average Bonchev–Trinajstić information content (AvgIpc) is 2.04. The third-order valence-electron chi connectivity index (χ3n) is 0.916. The van der Waals surface area contributed by atoms with Crippen LogP contribution in [0.4, 0.5) is 0 Å². The largest absolute Gasteiger partial charge is 0.245 e. The minimum absolute atomic E-state index is 0.539. The first kappa shape index (κ1) is 8.57. The van der Waals surface area contributed by atoms with Gasteiger partial charge in [-0.1, -0.05) is 5.92 Å². The van der Waals surface area contributed by atoms with Crippen molar-refractivity contribution < 1.29 is 0 Å². The summed E-state index contributed by atoms with van der Waals surface area (Å²) in [6, 6.07) is 0. The van der Waals surface area contributed by atoms with E-state index < -0.39 is 0 Å². The number of rotatable bonds is 0. The predicted octanol–water partition coefficient (Wildman–Crippen LogP) is 1.52. The number of hydrogen-bond donors (Lipinski definition) is 1. The topological polar surface area (TPSA) is 25.8 Å². The fraction of sp³-hybridized carbons (Fsp3) is 0.143. The predicted molar refractivity (Wildman–Crippen MR) is 50.5 cm³/mol. The Morgan fingerprint density at radius 3 is 2.82 bits per heavy atom. The third-order valence-corrected chi connectivity index (χ3v) is 1.48. The molecule has 0 bridgehead atoms. The summed E-state index contributed by atoms with van der Waals surface area (Å²) in [5, 5.41) is 0. The van der Waals surface area contributed by atoms with E-state index in [0.717, 1.165) is 0 Å². The maximum atomic E-state index is 4.00. The van der Waals surface area contributed by atoms with Crippen LogP contribution in [0, 0.1) is 11.8 Å². The zero-order valence-corrected chi connectivity index (χ0v) is 8.06. The first-order valence-corrected chi connectivity index (χ1v) is 4.33. The molecule has 0 saturated heterocycles. The summed E-state index contributed by atoms with van der Waals surface area (Å²) in [7, 11) is 0. The van der Waals surface area contributed by atoms with Gasteiger partial charge in [-0.15, -0.1) is 0 Å². The van der Waals surface area contributed by atoms with E-state index in [9.17, 15) is 0 Å². The number of nitrogens with zero attached hydrogens (tertiary/aromatic N) is 2. The lowest BCUT2D eigenvalue weighted by atomic mass is 10.4. The van der Waals surface area contributed by atoms with Crippen LogP contribution in [-0.4, -0.2) is 15.7 Å². The second-order valence-electron chi connectivity index (χ2n) is 1.68. The molecular weight excluding hydrogens is 224 g/mol. The van der Waals surface area contributed by atoms with Crippen LogP contribution < -0.4 is 0 Å². The molecule has 4 heteroatoms. The van der Waals surface area contributed by atoms with E-state index in [-0.39, 0.29) is 0 Å². The summed E-state index contributed by atoms with van der Waals surface area (Å²) in [5.74, 6) is 6.12. The van der Waals surface area contributed by atoms with Crippen molar-refractivity contribution in [3.8, 4) is 11.8 Å². The highest BCUT2D eigenvalue weighted by molar-refractivity contribution is 9.10. The summed E-state index contributed by atoms with van der Waals surface area (Å²) in [5.41, 5.74) is 0.669. The lowest BCUT2D eigenvalue weighted by molar-refractivity contribution is 1.14. The Morgan fingerprint density at radius 2 is 2.27 bits per heavy atom. The molecule has 0 aliphatic rings. The Hall–Kier alpha value is -0.530. The molecular formula is C7H5BrN2S. The Morgan fingerprint density at radius 1 is 1.45 bits per heavy atom. The van der Waals surface area contributed by atoms with E-state index in [1.807, 2.05) is 0 Å². The van der Waals surface area contributed by atoms with Crippen molar-refractivity contribution in [3.63, 3.8) is 0 Å². The van der Waals surface area contributed by atoms with Crippen LogP contribution in [0.5, 0.6) is 0 Å². The fourth-order valence-corrected chi connectivity index (χ4v) is 0.791. The van der Waals surface area contributed by atoms with E-state index in [0.29, 0.717) is 16.0 Å². The molecule has 0 aromatic carbocycles. The Balaban J connectivity index is 2.82. The Bertz CT molecular complexity index is 286. The normalized spacial score (nSPS) is 8.55. The molecule has 2 nitrogen and oxygen atoms in total. The summed E-state index contributed by atoms with van der Waals surface area (Å²) in [4.78, 5) is 7.96. The average molecular weight is 229 g/mol. The smallest absolute Gasteiger partial charge is 0.131 e. The maximum absolute atomic E-state index is 4.00. The number of aromatic nitrogens is 2. The van der Waals surface area contributed by atoms with Crippen LogP contribution in [0.3, 0.4) is 0 Å². The van der Waals surface area contributed by atoms with E-state index in [1.165, 1.54) is 0 Å². The van der Waals surface area contributed by atoms with Gasteiger partial charge in [0.1, 0.15) is 10.3 Å². The molecule has 11 heavy (non-hydrogen) atoms. The van der Waals surface area contributed by atoms with Crippen molar-refractivity contribution in [2.45, 2.75) is 0 Å². The molecule has 0 fully saturated rings. The molecule has 0 aliphatic carbocycles. The van der Waals surface area contributed by atoms with Crippen LogP contribution >= 0.6 is 28.6 Å². The summed E-state index contributed by atoms with van der Waals surface area (Å²) >= 11 is 7.12. The van der Waals surface area contributed by atoms with E-state index in [4.69, 9.17) is 0 Å². The standard InChI is InChI=1S/C7H5BrN2S/c8-7-5-9-6(4-10-7)2-1-3-11/h4-5,11H,3H2. The highest BCUT2D eigenvalue weighted by Gasteiger charge is 1.88. The van der Waals surface area contributed by atoms with Crippen LogP contribution in [0.15, 0.2) is 17.0 Å². The van der Waals surface area contributed by atoms with Crippen molar-refractivity contribution in [2.75, 3.05) is 5.75 Å². The molecule has 1 aromatic heterocycles. The van der Waals surface area contributed by atoms with Gasteiger partial charge < -0.3 is 0 Å². The molecule has 1 aromatic rings. The highest BCUT2D eigenvalue weighted by atomic mass is 79.9. The second-order valence-corrected chi connectivity index (χ2v) is 2.81. The van der Waals surface area contributed by atoms with Gasteiger partial charge in [-0.3, -0.25) is 0 Å². The number of thiol groups is 1. The van der Waals surface area contributed by atoms with E-state index in [2.05, 4.69) is 50.4 Å². The molecule has 0 saturated carbocycles. The number of hydrogen-bond acceptors (Lipinski definition) is 3. The molecule has 0 radical (unpaired) electrons. The van der Waals surface area contributed by atoms with Gasteiger partial charge in [0, 0.05) is 0 Å². The molecule has 0 spiro atoms. The first-order valence-electron chi connectivity index (χ1n) is 2.90. The summed E-state index contributed by atoms with van der Waals surface area (Å²) in [6.07, 6.45) is 3.23. The lowest BCUT2D eigenvalue weighted by Gasteiger charge is -1.87. The van der Waals surface area contributed by atoms with Gasteiger partial charge in [0.25, 0.3) is 0 Å². The molecule has 56 valence electrons. The van der Waals surface area contributed by atoms with Crippen molar-refractivity contribution >= 4 is 28.6 Å². The minimum Gasteiger partial charge on any atom is -0.245 e. The van der Waals surface area contributed by atoms with Crippen molar-refractivity contribution in [3.05, 3.63) is 22.7 Å². The molecule has 0 atom stereocenters. The van der Waals surface area contributed by atoms with E-state index >= 15 is 0 Å². The fourth-order valence-electron chi connectivity index (χ4n) is 0.507. The zero-order valence-electron chi connectivity index (χ0n) is 5.58. The second kappa shape index (κ2) is 4.37. The van der Waals surface area contributed by atoms with Crippen LogP contribution in [0.1, 0.15) is 5.69 Å². The summed E-state index contributed by atoms with van der Waals surface area (Å²) < 4.78 is 0.717. The van der Waals surface area contributed by atoms with E-state index in [1.54, 1.807) is 12.4 Å². The Labute approximate surface area is 79.0 Å². The number of halogens is 1. The van der Waals surface area contributed by atoms with Crippen molar-refractivity contribution in [1.29, 1.82) is 0 Å². The first-order chi connectivity index (χ1) is 5.33. The van der Waals surface area contributed by atoms with Gasteiger partial charge in [-0.05, 0) is 21.9 Å². The molecule has 0 N–H and O–H groups in total. The van der Waals surface area contributed by atoms with Gasteiger partial charge in [0.15, 0.2) is 0 Å². The third kappa shape index (κ3) is 2.91. The van der Waals surface area contributed by atoms with Crippen LogP contribution in [0.25, 0.3) is 0 Å². The van der Waals surface area contributed by atoms with Crippen LogP contribution in [0.2, 0.25) is 0 Å².